The van der Waals surface area contributed by atoms with Crippen LogP contribution in [0.15, 0.2) is 36.9 Å². The van der Waals surface area contributed by atoms with Crippen molar-refractivity contribution in [1.29, 1.82) is 0 Å². The molecule has 2 rings (SSSR count). The van der Waals surface area contributed by atoms with E-state index in [2.05, 4.69) is 47.2 Å². The van der Waals surface area contributed by atoms with Crippen LogP contribution in [-0.4, -0.2) is 26.3 Å². The summed E-state index contributed by atoms with van der Waals surface area (Å²) >= 11 is 0. The van der Waals surface area contributed by atoms with E-state index in [1.54, 1.807) is 15.9 Å². The molecule has 0 amide bonds. The number of unbranched alkanes of at least 4 members (excludes halogenated alkanes) is 1. The topological polar surface area (TPSA) is 71.5 Å². The van der Waals surface area contributed by atoms with Crippen LogP contribution in [0.4, 0.5) is 0 Å². The van der Waals surface area contributed by atoms with E-state index in [0.29, 0.717) is 19.1 Å². The van der Waals surface area contributed by atoms with Gasteiger partial charge in [0, 0.05) is 25.6 Å². The molecule has 0 fully saturated rings. The maximum absolute atomic E-state index is 6.05. The summed E-state index contributed by atoms with van der Waals surface area (Å²) in [6.45, 7) is 5.54. The highest BCUT2D eigenvalue weighted by molar-refractivity contribution is 5.39. The van der Waals surface area contributed by atoms with E-state index in [0.717, 1.165) is 36.9 Å². The quantitative estimate of drug-likeness (QED) is 0.241. The van der Waals surface area contributed by atoms with Crippen molar-refractivity contribution in [3.05, 3.63) is 42.5 Å². The first-order valence-electron chi connectivity index (χ1n) is 8.82. The molecule has 0 spiro atoms. The summed E-state index contributed by atoms with van der Waals surface area (Å²) in [4.78, 5) is 4.18. The van der Waals surface area contributed by atoms with Crippen molar-refractivity contribution in [3.63, 3.8) is 0 Å². The minimum absolute atomic E-state index is 0.539. The molecular weight excluding hydrogens is 312 g/mol. The minimum Gasteiger partial charge on any atom is -0.377 e. The Labute approximate surface area is 150 Å². The molecule has 3 N–H and O–H groups in total. The van der Waals surface area contributed by atoms with Crippen LogP contribution in [0.25, 0.3) is 5.65 Å². The highest BCUT2D eigenvalue weighted by Crippen LogP contribution is 2.08. The monoisotopic (exact) mass is 340 g/mol. The van der Waals surface area contributed by atoms with Gasteiger partial charge in [-0.15, -0.1) is 11.8 Å². The lowest BCUT2D eigenvalue weighted by Crippen LogP contribution is -2.37. The van der Waals surface area contributed by atoms with E-state index >= 15 is 0 Å². The Morgan fingerprint density at radius 1 is 1.44 bits per heavy atom. The van der Waals surface area contributed by atoms with Gasteiger partial charge in [-0.25, -0.2) is 14.5 Å². The number of fused-ring (bicyclic) bond motifs is 1. The fourth-order valence-corrected chi connectivity index (χ4v) is 2.47. The summed E-state index contributed by atoms with van der Waals surface area (Å²) in [7, 11) is 0. The van der Waals surface area contributed by atoms with Crippen molar-refractivity contribution >= 4 is 5.65 Å². The van der Waals surface area contributed by atoms with Crippen LogP contribution in [-0.2, 0) is 6.54 Å². The normalized spacial score (nSPS) is 12.5. The summed E-state index contributed by atoms with van der Waals surface area (Å²) in [5.74, 6) is 12.9. The Morgan fingerprint density at radius 2 is 2.32 bits per heavy atom. The lowest BCUT2D eigenvalue weighted by Gasteiger charge is -2.16. The van der Waals surface area contributed by atoms with Gasteiger partial charge in [0.15, 0.2) is 5.65 Å². The van der Waals surface area contributed by atoms with Gasteiger partial charge in [0.25, 0.3) is 0 Å². The Balaban J connectivity index is 1.64. The molecule has 0 aliphatic carbocycles. The van der Waals surface area contributed by atoms with Crippen molar-refractivity contribution in [3.8, 4) is 11.8 Å². The van der Waals surface area contributed by atoms with Gasteiger partial charge >= 0.3 is 0 Å². The number of aromatic nitrogens is 3. The van der Waals surface area contributed by atoms with Gasteiger partial charge in [-0.05, 0) is 42.7 Å². The molecule has 134 valence electrons. The fourth-order valence-electron chi connectivity index (χ4n) is 2.47. The number of allylic oxidation sites excluding steroid dienone is 1. The highest BCUT2D eigenvalue weighted by Gasteiger charge is 2.02. The molecule has 6 nitrogen and oxygen atoms in total. The van der Waals surface area contributed by atoms with Crippen molar-refractivity contribution in [2.24, 2.45) is 11.8 Å². The molecule has 2 heterocycles. The molecule has 0 bridgehead atoms. The van der Waals surface area contributed by atoms with Crippen LogP contribution in [0.5, 0.6) is 0 Å². The first-order chi connectivity index (χ1) is 12.2. The van der Waals surface area contributed by atoms with Gasteiger partial charge in [-0.3, -0.25) is 5.84 Å². The third-order valence-electron chi connectivity index (χ3n) is 3.83. The van der Waals surface area contributed by atoms with Crippen molar-refractivity contribution in [2.45, 2.75) is 46.1 Å². The van der Waals surface area contributed by atoms with Crippen LogP contribution < -0.4 is 11.2 Å². The largest absolute Gasteiger partial charge is 0.377 e. The highest BCUT2D eigenvalue weighted by atomic mass is 15.4. The van der Waals surface area contributed by atoms with Gasteiger partial charge in [0.2, 0.25) is 0 Å². The van der Waals surface area contributed by atoms with Crippen molar-refractivity contribution < 1.29 is 0 Å². The summed E-state index contributed by atoms with van der Waals surface area (Å²) in [6, 6.07) is 3.99. The van der Waals surface area contributed by atoms with Crippen LogP contribution in [0.2, 0.25) is 0 Å². The van der Waals surface area contributed by atoms with Crippen molar-refractivity contribution in [1.82, 2.24) is 24.9 Å². The van der Waals surface area contributed by atoms with Crippen LogP contribution >= 0.6 is 0 Å². The smallest absolute Gasteiger partial charge is 0.155 e. The number of hydrogen-bond acceptors (Lipinski definition) is 5. The van der Waals surface area contributed by atoms with Gasteiger partial charge in [0.1, 0.15) is 6.33 Å². The summed E-state index contributed by atoms with van der Waals surface area (Å²) in [5, 5.41) is 9.06. The van der Waals surface area contributed by atoms with Crippen molar-refractivity contribution in [2.75, 3.05) is 6.67 Å². The van der Waals surface area contributed by atoms with E-state index in [-0.39, 0.29) is 0 Å². The number of nitrogens with zero attached hydrogens (tertiary/aromatic N) is 4. The molecule has 0 radical (unpaired) electrons. The molecule has 1 atom stereocenters. The average Bonchev–Trinajstić information content (AvgIpc) is 3.06. The van der Waals surface area contributed by atoms with Gasteiger partial charge in [-0.2, -0.15) is 5.10 Å². The zero-order chi connectivity index (χ0) is 17.9. The second kappa shape index (κ2) is 10.5. The molecule has 2 aromatic heterocycles. The van der Waals surface area contributed by atoms with E-state index in [9.17, 15) is 0 Å². The van der Waals surface area contributed by atoms with Crippen LogP contribution in [0, 0.1) is 17.8 Å². The Hall–Kier alpha value is -2.36. The van der Waals surface area contributed by atoms with Gasteiger partial charge < -0.3 is 5.32 Å². The second-order valence-electron chi connectivity index (χ2n) is 6.14. The molecule has 0 saturated heterocycles. The van der Waals surface area contributed by atoms with E-state index in [4.69, 9.17) is 5.84 Å². The van der Waals surface area contributed by atoms with Gasteiger partial charge in [0.05, 0.1) is 6.67 Å². The molecule has 25 heavy (non-hydrogen) atoms. The standard InChI is InChI=1S/C19H28N6/c1-3-4-5-6-7-8-17(2)9-11-21-16-24(20)14-18-10-12-25-19(13-18)22-15-23-25/h9-13,15,17,21H,3,6-8,14,16,20H2,1-2H3/b11-9-. The maximum Gasteiger partial charge on any atom is 0.155 e. The SMILES string of the molecule is CCC#CCCCC(C)/C=C\NCN(N)Cc1ccn2ncnc2c1. The van der Waals surface area contributed by atoms with Crippen LogP contribution in [0.3, 0.4) is 0 Å². The van der Waals surface area contributed by atoms with Crippen LogP contribution in [0.1, 0.15) is 45.1 Å². The minimum atomic E-state index is 0.539. The maximum atomic E-state index is 6.05. The second-order valence-corrected chi connectivity index (χ2v) is 6.14. The predicted molar refractivity (Wildman–Crippen MR) is 101 cm³/mol. The number of rotatable bonds is 9. The third kappa shape index (κ3) is 6.96. The molecule has 6 heteroatoms. The Morgan fingerprint density at radius 3 is 3.16 bits per heavy atom. The molecule has 2 aromatic rings. The van der Waals surface area contributed by atoms with E-state index < -0.39 is 0 Å². The molecule has 0 aliphatic rings. The van der Waals surface area contributed by atoms with E-state index in [1.165, 1.54) is 0 Å². The molecule has 1 unspecified atom stereocenters. The van der Waals surface area contributed by atoms with Gasteiger partial charge in [-0.1, -0.05) is 19.9 Å². The zero-order valence-corrected chi connectivity index (χ0v) is 15.2. The number of nitrogens with one attached hydrogen (secondary N) is 1. The molecule has 0 saturated carbocycles. The average molecular weight is 340 g/mol. The number of hydrazine groups is 1. The number of hydrogen-bond donors (Lipinski definition) is 2. The summed E-state index contributed by atoms with van der Waals surface area (Å²) in [6.07, 6.45) is 11.9. The fraction of sp³-hybridized carbons (Fsp3) is 0.474. The predicted octanol–water partition coefficient (Wildman–Crippen LogP) is 2.69. The number of pyridine rings is 1. The summed E-state index contributed by atoms with van der Waals surface area (Å²) in [5.41, 5.74) is 1.94. The number of nitrogens with two attached hydrogens (primary N) is 1. The Bertz CT molecular complexity index is 724. The first-order valence-corrected chi connectivity index (χ1v) is 8.82. The lowest BCUT2D eigenvalue weighted by atomic mass is 10.0. The third-order valence-corrected chi connectivity index (χ3v) is 3.83. The summed E-state index contributed by atoms with van der Waals surface area (Å²) < 4.78 is 1.74. The molecule has 0 aromatic carbocycles. The lowest BCUT2D eigenvalue weighted by molar-refractivity contribution is 0.264. The molecule has 0 aliphatic heterocycles. The Kier molecular flexibility index (Phi) is 7.96. The first kappa shape index (κ1) is 19.0. The zero-order valence-electron chi connectivity index (χ0n) is 15.2. The molecular formula is C19H28N6. The van der Waals surface area contributed by atoms with E-state index in [1.807, 2.05) is 24.5 Å².